The van der Waals surface area contributed by atoms with Gasteiger partial charge in [-0.25, -0.2) is 0 Å². The van der Waals surface area contributed by atoms with E-state index >= 15 is 0 Å². The second kappa shape index (κ2) is 10.2. The highest BCUT2D eigenvalue weighted by Gasteiger charge is 2.33. The van der Waals surface area contributed by atoms with Gasteiger partial charge in [0.25, 0.3) is 0 Å². The van der Waals surface area contributed by atoms with Crippen molar-refractivity contribution in [2.75, 3.05) is 0 Å². The summed E-state index contributed by atoms with van der Waals surface area (Å²) in [4.78, 5) is 0. The van der Waals surface area contributed by atoms with E-state index in [1.807, 2.05) is 0 Å². The van der Waals surface area contributed by atoms with Crippen molar-refractivity contribution >= 4 is 0 Å². The van der Waals surface area contributed by atoms with Crippen molar-refractivity contribution < 1.29 is 0 Å². The molecule has 0 aliphatic heterocycles. The van der Waals surface area contributed by atoms with E-state index in [-0.39, 0.29) is 17.8 Å². The van der Waals surface area contributed by atoms with E-state index in [2.05, 4.69) is 164 Å². The van der Waals surface area contributed by atoms with Gasteiger partial charge in [0.15, 0.2) is 0 Å². The molecule has 0 unspecified atom stereocenters. The summed E-state index contributed by atoms with van der Waals surface area (Å²) in [6.07, 6.45) is 27.4. The minimum atomic E-state index is 0.206. The number of hydrogen-bond donors (Lipinski definition) is 0. The number of allylic oxidation sites excluding steroid dienone is 12. The molecule has 0 nitrogen and oxygen atoms in total. The Bertz CT molecular complexity index is 1550. The highest BCUT2D eigenvalue weighted by molar-refractivity contribution is 6.00. The van der Waals surface area contributed by atoms with Gasteiger partial charge in [-0.1, -0.05) is 164 Å². The highest BCUT2D eigenvalue weighted by atomic mass is 14.4. The van der Waals surface area contributed by atoms with Crippen molar-refractivity contribution in [3.05, 3.63) is 181 Å². The van der Waals surface area contributed by atoms with Crippen LogP contribution in [0.15, 0.2) is 164 Å². The third-order valence-electron chi connectivity index (χ3n) is 8.05. The van der Waals surface area contributed by atoms with Gasteiger partial charge in [0, 0.05) is 17.8 Å². The number of hydrogen-bond acceptors (Lipinski definition) is 0. The van der Waals surface area contributed by atoms with Crippen molar-refractivity contribution in [1.82, 2.24) is 0 Å². The largest absolute Gasteiger partial charge is 0.0732 e. The lowest BCUT2D eigenvalue weighted by atomic mass is 9.70. The van der Waals surface area contributed by atoms with E-state index < -0.39 is 0 Å². The quantitative estimate of drug-likeness (QED) is 0.248. The Labute approximate surface area is 231 Å². The van der Waals surface area contributed by atoms with Gasteiger partial charge in [-0.05, 0) is 50.1 Å². The Morgan fingerprint density at radius 1 is 0.282 bits per heavy atom. The van der Waals surface area contributed by atoms with Gasteiger partial charge in [0.05, 0.1) is 0 Å². The Balaban J connectivity index is 1.74. The van der Waals surface area contributed by atoms with Gasteiger partial charge in [0.1, 0.15) is 0 Å². The molecule has 0 heteroatoms. The number of benzene rings is 4. The molecule has 0 N–H and O–H groups in total. The molecule has 0 bridgehead atoms. The fraction of sp³-hybridized carbons (Fsp3) is 0.0769. The van der Waals surface area contributed by atoms with Crippen LogP contribution in [0, 0.1) is 0 Å². The topological polar surface area (TPSA) is 0 Å². The molecule has 3 aliphatic rings. The maximum atomic E-state index is 2.36. The molecule has 3 aliphatic carbocycles. The molecule has 0 heterocycles. The van der Waals surface area contributed by atoms with Gasteiger partial charge in [-0.3, -0.25) is 0 Å². The average Bonchev–Trinajstić information content (AvgIpc) is 3.81. The molecule has 186 valence electrons. The van der Waals surface area contributed by atoms with Crippen LogP contribution in [0.1, 0.15) is 34.4 Å². The van der Waals surface area contributed by atoms with E-state index in [9.17, 15) is 0 Å². The minimum absolute atomic E-state index is 0.206. The zero-order valence-corrected chi connectivity index (χ0v) is 21.8. The predicted octanol–water partition coefficient (Wildman–Crippen LogP) is 10.3. The summed E-state index contributed by atoms with van der Waals surface area (Å²) in [5.41, 5.74) is 12.0. The van der Waals surface area contributed by atoms with E-state index in [1.165, 1.54) is 50.1 Å². The zero-order chi connectivity index (χ0) is 26.0. The Kier molecular flexibility index (Phi) is 6.15. The maximum Gasteiger partial charge on any atom is 0.0214 e. The predicted molar refractivity (Wildman–Crippen MR) is 166 cm³/mol. The minimum Gasteiger partial charge on any atom is -0.0732 e. The van der Waals surface area contributed by atoms with Gasteiger partial charge >= 0.3 is 0 Å². The molecule has 0 fully saturated rings. The van der Waals surface area contributed by atoms with Gasteiger partial charge in [-0.2, -0.15) is 0 Å². The van der Waals surface area contributed by atoms with Crippen molar-refractivity contribution in [3.8, 4) is 33.4 Å². The van der Waals surface area contributed by atoms with Crippen LogP contribution in [0.4, 0.5) is 0 Å². The van der Waals surface area contributed by atoms with Crippen LogP contribution in [-0.4, -0.2) is 0 Å². The first kappa shape index (κ1) is 23.4. The van der Waals surface area contributed by atoms with Gasteiger partial charge in [-0.15, -0.1) is 0 Å². The maximum absolute atomic E-state index is 2.36. The Hall–Kier alpha value is -4.68. The van der Waals surface area contributed by atoms with Crippen LogP contribution < -0.4 is 0 Å². The summed E-state index contributed by atoms with van der Waals surface area (Å²) in [5, 5.41) is 0. The van der Waals surface area contributed by atoms with Gasteiger partial charge < -0.3 is 0 Å². The fourth-order valence-electron chi connectivity index (χ4n) is 6.44. The van der Waals surface area contributed by atoms with Crippen molar-refractivity contribution in [2.45, 2.75) is 17.8 Å². The molecule has 0 atom stereocenters. The third kappa shape index (κ3) is 4.19. The van der Waals surface area contributed by atoms with E-state index in [0.29, 0.717) is 0 Å². The lowest BCUT2D eigenvalue weighted by molar-refractivity contribution is 0.947. The van der Waals surface area contributed by atoms with E-state index in [1.54, 1.807) is 0 Å². The summed E-state index contributed by atoms with van der Waals surface area (Å²) in [5.74, 6) is 0.630. The van der Waals surface area contributed by atoms with Crippen LogP contribution in [0.5, 0.6) is 0 Å². The molecule has 4 aromatic carbocycles. The molecular weight excluding hydrogens is 468 g/mol. The molecule has 0 spiro atoms. The second-order valence-electron chi connectivity index (χ2n) is 10.4. The van der Waals surface area contributed by atoms with E-state index in [0.717, 1.165) is 0 Å². The summed E-state index contributed by atoms with van der Waals surface area (Å²) < 4.78 is 0. The molecular formula is C39H30. The molecule has 0 aromatic heterocycles. The van der Waals surface area contributed by atoms with Crippen molar-refractivity contribution in [2.24, 2.45) is 0 Å². The summed E-state index contributed by atoms with van der Waals surface area (Å²) in [6, 6.07) is 33.0. The highest BCUT2D eigenvalue weighted by Crippen LogP contribution is 2.54. The molecule has 0 saturated heterocycles. The molecule has 39 heavy (non-hydrogen) atoms. The van der Waals surface area contributed by atoms with Crippen molar-refractivity contribution in [3.63, 3.8) is 0 Å². The SMILES string of the molecule is C1=CC(c2c(-c3ccccc3)c(-c3ccccc3)c(-c3ccccc3)c(C3C=CC=C3)c2C2C=CC=C2)C=C1. The summed E-state index contributed by atoms with van der Waals surface area (Å²) >= 11 is 0. The molecule has 0 amide bonds. The summed E-state index contributed by atoms with van der Waals surface area (Å²) in [6.45, 7) is 0. The lowest BCUT2D eigenvalue weighted by Crippen LogP contribution is -2.13. The average molecular weight is 499 g/mol. The Morgan fingerprint density at radius 3 is 0.897 bits per heavy atom. The van der Waals surface area contributed by atoms with Crippen LogP contribution in [0.3, 0.4) is 0 Å². The van der Waals surface area contributed by atoms with Crippen LogP contribution in [-0.2, 0) is 0 Å². The smallest absolute Gasteiger partial charge is 0.0214 e. The van der Waals surface area contributed by atoms with Crippen LogP contribution in [0.25, 0.3) is 33.4 Å². The first-order chi connectivity index (χ1) is 19.4. The third-order valence-corrected chi connectivity index (χ3v) is 8.05. The molecule has 4 aromatic rings. The standard InChI is InChI=1S/C39H30/c1-4-16-28(17-5-1)34-35(29-18-6-2-7-19-29)37(31-22-10-11-23-31)39(33-26-14-15-27-33)38(32-24-12-13-25-32)36(34)30-20-8-3-9-21-30/h1-27,31-33H. The van der Waals surface area contributed by atoms with Gasteiger partial charge in [0.2, 0.25) is 0 Å². The van der Waals surface area contributed by atoms with Crippen LogP contribution >= 0.6 is 0 Å². The first-order valence-corrected chi connectivity index (χ1v) is 13.8. The molecule has 0 radical (unpaired) electrons. The fourth-order valence-corrected chi connectivity index (χ4v) is 6.44. The second-order valence-corrected chi connectivity index (χ2v) is 10.4. The lowest BCUT2D eigenvalue weighted by Gasteiger charge is -2.32. The summed E-state index contributed by atoms with van der Waals surface area (Å²) in [7, 11) is 0. The molecule has 7 rings (SSSR count). The van der Waals surface area contributed by atoms with Crippen LogP contribution in [0.2, 0.25) is 0 Å². The zero-order valence-electron chi connectivity index (χ0n) is 21.8. The van der Waals surface area contributed by atoms with E-state index in [4.69, 9.17) is 0 Å². The van der Waals surface area contributed by atoms with Crippen molar-refractivity contribution in [1.29, 1.82) is 0 Å². The Morgan fingerprint density at radius 2 is 0.564 bits per heavy atom. The monoisotopic (exact) mass is 498 g/mol. The normalized spacial score (nSPS) is 16.3. The molecule has 0 saturated carbocycles. The first-order valence-electron chi connectivity index (χ1n) is 13.8. The number of rotatable bonds is 6.